The summed E-state index contributed by atoms with van der Waals surface area (Å²) < 4.78 is 0. The second kappa shape index (κ2) is 6.95. The van der Waals surface area contributed by atoms with Crippen LogP contribution in [0, 0.1) is 0 Å². The predicted octanol–water partition coefficient (Wildman–Crippen LogP) is 2.62. The highest BCUT2D eigenvalue weighted by Crippen LogP contribution is 2.28. The van der Waals surface area contributed by atoms with Crippen molar-refractivity contribution in [1.82, 2.24) is 15.0 Å². The molecule has 8 heteroatoms. The topological polar surface area (TPSA) is 91.2 Å². The number of hydrogen-bond donors (Lipinski definition) is 2. The van der Waals surface area contributed by atoms with Crippen molar-refractivity contribution >= 4 is 29.4 Å². The summed E-state index contributed by atoms with van der Waals surface area (Å²) in [5, 5.41) is 13.2. The molecule has 0 bridgehead atoms. The molecule has 0 unspecified atom stereocenters. The second-order valence-corrected chi connectivity index (χ2v) is 7.06. The van der Waals surface area contributed by atoms with Crippen molar-refractivity contribution in [3.63, 3.8) is 0 Å². The molecule has 0 aliphatic heterocycles. The Bertz CT molecular complexity index is 589. The summed E-state index contributed by atoms with van der Waals surface area (Å²) in [6, 6.07) is 0. The summed E-state index contributed by atoms with van der Waals surface area (Å²) in [6.07, 6.45) is 0. The van der Waals surface area contributed by atoms with Crippen LogP contribution in [0.25, 0.3) is 0 Å². The van der Waals surface area contributed by atoms with Gasteiger partial charge in [-0.3, -0.25) is 4.79 Å². The molecule has 0 spiro atoms. The molecule has 0 saturated heterocycles. The van der Waals surface area contributed by atoms with E-state index < -0.39 is 0 Å². The molecular weight excluding hydrogens is 302 g/mol. The second-order valence-electron chi connectivity index (χ2n) is 6.08. The first-order chi connectivity index (χ1) is 9.99. The zero-order valence-electron chi connectivity index (χ0n) is 14.1. The lowest BCUT2D eigenvalue weighted by Gasteiger charge is -2.21. The van der Waals surface area contributed by atoms with Crippen LogP contribution in [-0.2, 0) is 4.79 Å². The molecule has 7 nitrogen and oxygen atoms in total. The minimum absolute atomic E-state index is 0.0466. The maximum absolute atomic E-state index is 11.6. The number of aliphatic hydroxyl groups excluding tert-OH is 1. The predicted molar refractivity (Wildman–Crippen MR) is 89.4 cm³/mol. The van der Waals surface area contributed by atoms with Gasteiger partial charge in [0.25, 0.3) is 0 Å². The lowest BCUT2D eigenvalue weighted by atomic mass is 10.1. The van der Waals surface area contributed by atoms with E-state index in [0.29, 0.717) is 17.1 Å². The smallest absolute Gasteiger partial charge is 0.230 e. The van der Waals surface area contributed by atoms with Crippen molar-refractivity contribution < 1.29 is 9.90 Å². The first-order valence-electron chi connectivity index (χ1n) is 6.80. The summed E-state index contributed by atoms with van der Waals surface area (Å²) in [6.45, 7) is 8.85. The van der Waals surface area contributed by atoms with Gasteiger partial charge >= 0.3 is 0 Å². The van der Waals surface area contributed by atoms with Crippen LogP contribution in [0.1, 0.15) is 34.6 Å². The fourth-order valence-corrected chi connectivity index (χ4v) is 2.21. The Balaban J connectivity index is 3.24. The molecule has 1 aromatic heterocycles. The van der Waals surface area contributed by atoms with Crippen molar-refractivity contribution in [2.45, 2.75) is 45.3 Å². The third-order valence-electron chi connectivity index (χ3n) is 2.33. The van der Waals surface area contributed by atoms with Gasteiger partial charge in [0.15, 0.2) is 10.9 Å². The van der Waals surface area contributed by atoms with Crippen LogP contribution in [-0.4, -0.2) is 45.5 Å². The van der Waals surface area contributed by atoms with Crippen LogP contribution in [0.5, 0.6) is 0 Å². The van der Waals surface area contributed by atoms with E-state index in [1.54, 1.807) is 4.90 Å². The minimum Gasteiger partial charge on any atom is -0.511 e. The zero-order chi connectivity index (χ0) is 17.1. The van der Waals surface area contributed by atoms with Crippen molar-refractivity contribution in [2.75, 3.05) is 24.3 Å². The number of aromatic nitrogens is 3. The van der Waals surface area contributed by atoms with Gasteiger partial charge in [-0.1, -0.05) is 0 Å². The van der Waals surface area contributed by atoms with Crippen molar-refractivity contribution in [3.05, 3.63) is 10.7 Å². The summed E-state index contributed by atoms with van der Waals surface area (Å²) in [7, 11) is 3.65. The molecule has 122 valence electrons. The molecule has 22 heavy (non-hydrogen) atoms. The van der Waals surface area contributed by atoms with E-state index >= 15 is 0 Å². The Morgan fingerprint density at radius 3 is 2.18 bits per heavy atom. The first kappa shape index (κ1) is 18.2. The van der Waals surface area contributed by atoms with Gasteiger partial charge in [0.2, 0.25) is 11.9 Å². The van der Waals surface area contributed by atoms with E-state index in [1.807, 2.05) is 34.9 Å². The molecule has 0 atom stereocenters. The number of rotatable bonds is 5. The molecular formula is C14H23N5O2S. The van der Waals surface area contributed by atoms with E-state index in [1.165, 1.54) is 13.8 Å². The number of aliphatic hydroxyl groups is 1. The fraction of sp³-hybridized carbons (Fsp3) is 0.571. The number of Topliss-reactive ketones (excluding diaryl/α,β-unsaturated/α-hetero) is 1. The Hall–Kier alpha value is -1.83. The number of carbonyl (C=O) groups is 1. The summed E-state index contributed by atoms with van der Waals surface area (Å²) >= 11 is 1.03. The summed E-state index contributed by atoms with van der Waals surface area (Å²) in [5.41, 5.74) is -0.209. The van der Waals surface area contributed by atoms with Crippen LogP contribution >= 0.6 is 11.8 Å². The number of thioether (sulfide) groups is 1. The normalized spacial score (nSPS) is 12.7. The van der Waals surface area contributed by atoms with Gasteiger partial charge in [0.05, 0.1) is 4.91 Å². The number of anilines is 2. The number of carbonyl (C=O) groups excluding carboxylic acids is 1. The molecule has 2 N–H and O–H groups in total. The molecule has 0 aliphatic rings. The van der Waals surface area contributed by atoms with Crippen LogP contribution in [0.2, 0.25) is 0 Å². The highest BCUT2D eigenvalue weighted by molar-refractivity contribution is 8.03. The van der Waals surface area contributed by atoms with Crippen LogP contribution in [0.3, 0.4) is 0 Å². The quantitative estimate of drug-likeness (QED) is 0.485. The number of nitrogens with one attached hydrogen (secondary N) is 1. The number of allylic oxidation sites excluding steroid dienone is 2. The van der Waals surface area contributed by atoms with Gasteiger partial charge in [-0.25, -0.2) is 0 Å². The average Bonchev–Trinajstić information content (AvgIpc) is 2.32. The largest absolute Gasteiger partial charge is 0.511 e. The number of nitrogens with zero attached hydrogens (tertiary/aromatic N) is 4. The van der Waals surface area contributed by atoms with E-state index in [0.717, 1.165) is 11.8 Å². The van der Waals surface area contributed by atoms with E-state index in [-0.39, 0.29) is 22.0 Å². The summed E-state index contributed by atoms with van der Waals surface area (Å²) in [5.74, 6) is 0.617. The standard InChI is InChI=1S/C14H23N5O2S/c1-8(20)10(9(2)21)22-13-16-11(18-14(3,4)5)15-12(17-13)19(6)7/h20H,1-7H3,(H,15,16,17,18)/b10-8+. The van der Waals surface area contributed by atoms with Crippen LogP contribution in [0.15, 0.2) is 15.8 Å². The maximum atomic E-state index is 11.6. The number of hydrogen-bond acceptors (Lipinski definition) is 8. The highest BCUT2D eigenvalue weighted by Gasteiger charge is 2.18. The lowest BCUT2D eigenvalue weighted by molar-refractivity contribution is -0.113. The van der Waals surface area contributed by atoms with E-state index in [2.05, 4.69) is 20.3 Å². The summed E-state index contributed by atoms with van der Waals surface area (Å²) in [4.78, 5) is 26.5. The van der Waals surface area contributed by atoms with E-state index in [9.17, 15) is 9.90 Å². The third-order valence-corrected chi connectivity index (χ3v) is 3.48. The van der Waals surface area contributed by atoms with E-state index in [4.69, 9.17) is 0 Å². The first-order valence-corrected chi connectivity index (χ1v) is 7.61. The highest BCUT2D eigenvalue weighted by atomic mass is 32.2. The lowest BCUT2D eigenvalue weighted by Crippen LogP contribution is -2.28. The molecule has 0 aromatic carbocycles. The molecule has 0 fully saturated rings. The zero-order valence-corrected chi connectivity index (χ0v) is 14.9. The Morgan fingerprint density at radius 2 is 1.77 bits per heavy atom. The SMILES string of the molecule is CC(=O)/C(Sc1nc(NC(C)(C)C)nc(N(C)C)n1)=C(/C)O. The van der Waals surface area contributed by atoms with Gasteiger partial charge < -0.3 is 15.3 Å². The molecule has 1 rings (SSSR count). The number of ketones is 1. The Labute approximate surface area is 135 Å². The van der Waals surface area contributed by atoms with Crippen LogP contribution in [0.4, 0.5) is 11.9 Å². The van der Waals surface area contributed by atoms with Crippen molar-refractivity contribution in [1.29, 1.82) is 0 Å². The Kier molecular flexibility index (Phi) is 5.76. The van der Waals surface area contributed by atoms with Gasteiger partial charge in [-0.05, 0) is 46.4 Å². The molecule has 0 radical (unpaired) electrons. The van der Waals surface area contributed by atoms with Crippen molar-refractivity contribution in [2.24, 2.45) is 0 Å². The van der Waals surface area contributed by atoms with Gasteiger partial charge in [-0.2, -0.15) is 15.0 Å². The monoisotopic (exact) mass is 325 g/mol. The molecule has 0 saturated carbocycles. The minimum atomic E-state index is -0.234. The molecule has 0 amide bonds. The van der Waals surface area contributed by atoms with Crippen molar-refractivity contribution in [3.8, 4) is 0 Å². The molecule has 0 aliphatic carbocycles. The molecule has 1 heterocycles. The van der Waals surface area contributed by atoms with Gasteiger partial charge in [-0.15, -0.1) is 0 Å². The Morgan fingerprint density at radius 1 is 1.18 bits per heavy atom. The third kappa shape index (κ3) is 5.51. The fourth-order valence-electron chi connectivity index (χ4n) is 1.47. The van der Waals surface area contributed by atoms with Crippen LogP contribution < -0.4 is 10.2 Å². The maximum Gasteiger partial charge on any atom is 0.230 e. The molecule has 1 aromatic rings. The van der Waals surface area contributed by atoms with Gasteiger partial charge in [0, 0.05) is 19.6 Å². The average molecular weight is 325 g/mol. The van der Waals surface area contributed by atoms with Gasteiger partial charge in [0.1, 0.15) is 5.76 Å².